The van der Waals surface area contributed by atoms with E-state index in [9.17, 15) is 4.79 Å². The van der Waals surface area contributed by atoms with E-state index >= 15 is 0 Å². The monoisotopic (exact) mass is 343 g/mol. The third-order valence-corrected chi connectivity index (χ3v) is 4.13. The zero-order valence-electron chi connectivity index (χ0n) is 11.7. The van der Waals surface area contributed by atoms with Gasteiger partial charge >= 0.3 is 0 Å². The standard InChI is InChI=1S/C16H10ClN3O2S/c17-11-5-6-12-14(7-11)23-16(19-12)20-15(21)9-22-13-4-2-1-3-10(13)8-18/h1-7H,9H2,(H,19,20,21). The van der Waals surface area contributed by atoms with Gasteiger partial charge in [-0.1, -0.05) is 35.1 Å². The van der Waals surface area contributed by atoms with Gasteiger partial charge in [-0.2, -0.15) is 5.26 Å². The molecular formula is C16H10ClN3O2S. The highest BCUT2D eigenvalue weighted by molar-refractivity contribution is 7.22. The van der Waals surface area contributed by atoms with Crippen molar-refractivity contribution in [1.29, 1.82) is 5.26 Å². The third-order valence-electron chi connectivity index (χ3n) is 2.96. The lowest BCUT2D eigenvalue weighted by Gasteiger charge is -2.06. The van der Waals surface area contributed by atoms with Crippen LogP contribution in [0.1, 0.15) is 5.56 Å². The number of carbonyl (C=O) groups is 1. The van der Waals surface area contributed by atoms with Crippen molar-refractivity contribution in [2.45, 2.75) is 0 Å². The van der Waals surface area contributed by atoms with Crippen molar-refractivity contribution < 1.29 is 9.53 Å². The van der Waals surface area contributed by atoms with Gasteiger partial charge in [0.1, 0.15) is 11.8 Å². The smallest absolute Gasteiger partial charge is 0.264 e. The molecule has 23 heavy (non-hydrogen) atoms. The van der Waals surface area contributed by atoms with Gasteiger partial charge in [0, 0.05) is 5.02 Å². The number of hydrogen-bond donors (Lipinski definition) is 1. The summed E-state index contributed by atoms with van der Waals surface area (Å²) >= 11 is 7.26. The van der Waals surface area contributed by atoms with Crippen LogP contribution < -0.4 is 10.1 Å². The number of nitriles is 1. The maximum atomic E-state index is 12.0. The Balaban J connectivity index is 1.65. The highest BCUT2D eigenvalue weighted by Crippen LogP contribution is 2.28. The van der Waals surface area contributed by atoms with Crippen LogP contribution >= 0.6 is 22.9 Å². The summed E-state index contributed by atoms with van der Waals surface area (Å²) in [7, 11) is 0. The van der Waals surface area contributed by atoms with E-state index in [2.05, 4.69) is 10.3 Å². The summed E-state index contributed by atoms with van der Waals surface area (Å²) in [4.78, 5) is 16.3. The number of amides is 1. The summed E-state index contributed by atoms with van der Waals surface area (Å²) in [5, 5.41) is 12.7. The van der Waals surface area contributed by atoms with Crippen molar-refractivity contribution in [3.8, 4) is 11.8 Å². The topological polar surface area (TPSA) is 75.0 Å². The van der Waals surface area contributed by atoms with Gasteiger partial charge in [-0.05, 0) is 30.3 Å². The van der Waals surface area contributed by atoms with Gasteiger partial charge in [0.15, 0.2) is 11.7 Å². The lowest BCUT2D eigenvalue weighted by molar-refractivity contribution is -0.118. The lowest BCUT2D eigenvalue weighted by atomic mass is 10.2. The number of rotatable bonds is 4. The number of nitrogens with one attached hydrogen (secondary N) is 1. The van der Waals surface area contributed by atoms with Crippen LogP contribution in [0.3, 0.4) is 0 Å². The Kier molecular flexibility index (Phi) is 4.42. The minimum Gasteiger partial charge on any atom is -0.482 e. The summed E-state index contributed by atoms with van der Waals surface area (Å²) in [6, 6.07) is 14.1. The van der Waals surface area contributed by atoms with Crippen LogP contribution in [-0.2, 0) is 4.79 Å². The van der Waals surface area contributed by atoms with E-state index in [-0.39, 0.29) is 12.5 Å². The molecule has 0 saturated carbocycles. The van der Waals surface area contributed by atoms with Gasteiger partial charge in [0.25, 0.3) is 5.91 Å². The number of ether oxygens (including phenoxy) is 1. The van der Waals surface area contributed by atoms with E-state index in [0.717, 1.165) is 10.2 Å². The molecule has 0 aliphatic heterocycles. The van der Waals surface area contributed by atoms with Gasteiger partial charge < -0.3 is 4.74 Å². The molecule has 0 fully saturated rings. The van der Waals surface area contributed by atoms with Crippen LogP contribution in [0.25, 0.3) is 10.2 Å². The first-order chi connectivity index (χ1) is 11.2. The molecule has 0 aliphatic carbocycles. The van der Waals surface area contributed by atoms with Gasteiger partial charge in [0.05, 0.1) is 15.8 Å². The van der Waals surface area contributed by atoms with Crippen LogP contribution in [0.2, 0.25) is 5.02 Å². The minimum atomic E-state index is -0.345. The Morgan fingerprint density at radius 3 is 3.00 bits per heavy atom. The van der Waals surface area contributed by atoms with Gasteiger partial charge in [-0.25, -0.2) is 4.98 Å². The molecule has 2 aromatic carbocycles. The minimum absolute atomic E-state index is 0.199. The van der Waals surface area contributed by atoms with Crippen LogP contribution in [0, 0.1) is 11.3 Å². The first-order valence-corrected chi connectivity index (χ1v) is 7.83. The molecule has 1 aromatic heterocycles. The molecule has 0 aliphatic rings. The number of anilines is 1. The molecule has 114 valence electrons. The average molecular weight is 344 g/mol. The molecule has 1 heterocycles. The molecule has 0 bridgehead atoms. The Morgan fingerprint density at radius 1 is 1.35 bits per heavy atom. The molecule has 3 rings (SSSR count). The Labute approximate surface area is 141 Å². The fourth-order valence-electron chi connectivity index (χ4n) is 1.94. The maximum absolute atomic E-state index is 12.0. The number of carbonyl (C=O) groups excluding carboxylic acids is 1. The summed E-state index contributed by atoms with van der Waals surface area (Å²) in [6.07, 6.45) is 0. The fraction of sp³-hybridized carbons (Fsp3) is 0.0625. The molecule has 1 N–H and O–H groups in total. The van der Waals surface area contributed by atoms with Crippen molar-refractivity contribution in [1.82, 2.24) is 4.98 Å². The number of fused-ring (bicyclic) bond motifs is 1. The zero-order chi connectivity index (χ0) is 16.2. The van der Waals surface area contributed by atoms with Gasteiger partial charge in [0.2, 0.25) is 0 Å². The normalized spacial score (nSPS) is 10.3. The highest BCUT2D eigenvalue weighted by Gasteiger charge is 2.10. The fourth-order valence-corrected chi connectivity index (χ4v) is 3.09. The highest BCUT2D eigenvalue weighted by atomic mass is 35.5. The number of halogens is 1. The molecular weight excluding hydrogens is 334 g/mol. The summed E-state index contributed by atoms with van der Waals surface area (Å²) in [6.45, 7) is -0.199. The molecule has 5 nitrogen and oxygen atoms in total. The van der Waals surface area contributed by atoms with E-state index in [4.69, 9.17) is 21.6 Å². The van der Waals surface area contributed by atoms with E-state index < -0.39 is 0 Å². The largest absolute Gasteiger partial charge is 0.482 e. The average Bonchev–Trinajstić information content (AvgIpc) is 2.94. The number of para-hydroxylation sites is 1. The quantitative estimate of drug-likeness (QED) is 0.781. The molecule has 0 atom stereocenters. The predicted molar refractivity (Wildman–Crippen MR) is 89.9 cm³/mol. The van der Waals surface area contributed by atoms with Crippen LogP contribution in [-0.4, -0.2) is 17.5 Å². The van der Waals surface area contributed by atoms with Crippen molar-refractivity contribution in [2.24, 2.45) is 0 Å². The molecule has 7 heteroatoms. The van der Waals surface area contributed by atoms with E-state index in [1.54, 1.807) is 42.5 Å². The number of aromatic nitrogens is 1. The first kappa shape index (κ1) is 15.3. The van der Waals surface area contributed by atoms with Gasteiger partial charge in [-0.3, -0.25) is 10.1 Å². The summed E-state index contributed by atoms with van der Waals surface area (Å²) in [5.74, 6) is 0.0316. The molecule has 3 aromatic rings. The molecule has 0 spiro atoms. The third kappa shape index (κ3) is 3.59. The number of thiazole rings is 1. The number of hydrogen-bond acceptors (Lipinski definition) is 5. The zero-order valence-corrected chi connectivity index (χ0v) is 13.3. The van der Waals surface area contributed by atoms with Crippen molar-refractivity contribution in [3.63, 3.8) is 0 Å². The predicted octanol–water partition coefficient (Wildman–Crippen LogP) is 3.84. The summed E-state index contributed by atoms with van der Waals surface area (Å²) < 4.78 is 6.27. The van der Waals surface area contributed by atoms with E-state index in [0.29, 0.717) is 21.5 Å². The Morgan fingerprint density at radius 2 is 2.17 bits per heavy atom. The molecule has 0 saturated heterocycles. The van der Waals surface area contributed by atoms with Crippen molar-refractivity contribution in [2.75, 3.05) is 11.9 Å². The molecule has 0 unspecified atom stereocenters. The second-order valence-corrected chi connectivity index (χ2v) is 6.04. The second kappa shape index (κ2) is 6.65. The van der Waals surface area contributed by atoms with E-state index in [1.165, 1.54) is 11.3 Å². The number of benzene rings is 2. The van der Waals surface area contributed by atoms with Crippen LogP contribution in [0.15, 0.2) is 42.5 Å². The van der Waals surface area contributed by atoms with Crippen molar-refractivity contribution in [3.05, 3.63) is 53.1 Å². The van der Waals surface area contributed by atoms with Crippen LogP contribution in [0.4, 0.5) is 5.13 Å². The van der Waals surface area contributed by atoms with Crippen molar-refractivity contribution >= 4 is 44.2 Å². The van der Waals surface area contributed by atoms with Crippen LogP contribution in [0.5, 0.6) is 5.75 Å². The second-order valence-electron chi connectivity index (χ2n) is 4.58. The number of nitrogens with zero attached hydrogens (tertiary/aromatic N) is 2. The lowest BCUT2D eigenvalue weighted by Crippen LogP contribution is -2.20. The van der Waals surface area contributed by atoms with Gasteiger partial charge in [-0.15, -0.1) is 0 Å². The summed E-state index contributed by atoms with van der Waals surface area (Å²) in [5.41, 5.74) is 1.15. The Hall–Kier alpha value is -2.62. The maximum Gasteiger partial charge on any atom is 0.264 e. The molecule has 1 amide bonds. The van der Waals surface area contributed by atoms with E-state index in [1.807, 2.05) is 6.07 Å². The first-order valence-electron chi connectivity index (χ1n) is 6.63. The SMILES string of the molecule is N#Cc1ccccc1OCC(=O)Nc1nc2ccc(Cl)cc2s1. The Bertz CT molecular complexity index is 917. The molecule has 0 radical (unpaired) electrons.